The maximum Gasteiger partial charge on any atom is 0.258 e. The molecular formula is C13H9ClF2N2O. The Labute approximate surface area is 113 Å². The van der Waals surface area contributed by atoms with Crippen LogP contribution < -0.4 is 11.1 Å². The number of amides is 1. The number of anilines is 2. The third kappa shape index (κ3) is 3.00. The lowest BCUT2D eigenvalue weighted by atomic mass is 10.2. The van der Waals surface area contributed by atoms with Gasteiger partial charge in [0.05, 0.1) is 11.3 Å². The van der Waals surface area contributed by atoms with Gasteiger partial charge in [-0.1, -0.05) is 11.6 Å². The van der Waals surface area contributed by atoms with E-state index in [0.717, 1.165) is 12.1 Å². The van der Waals surface area contributed by atoms with Crippen molar-refractivity contribution in [2.75, 3.05) is 11.1 Å². The number of nitrogen functional groups attached to an aromatic ring is 1. The summed E-state index contributed by atoms with van der Waals surface area (Å²) in [6.07, 6.45) is 0. The van der Waals surface area contributed by atoms with Crippen LogP contribution >= 0.6 is 11.6 Å². The molecule has 2 aromatic rings. The van der Waals surface area contributed by atoms with Crippen molar-refractivity contribution >= 4 is 28.9 Å². The largest absolute Gasteiger partial charge is 0.399 e. The first kappa shape index (κ1) is 13.3. The van der Waals surface area contributed by atoms with E-state index in [1.54, 1.807) is 0 Å². The molecule has 0 radical (unpaired) electrons. The molecule has 0 unspecified atom stereocenters. The zero-order chi connectivity index (χ0) is 14.0. The average molecular weight is 283 g/mol. The molecule has 0 aromatic heterocycles. The minimum atomic E-state index is -0.788. The third-order valence-corrected chi connectivity index (χ3v) is 2.65. The first-order chi connectivity index (χ1) is 8.97. The number of benzene rings is 2. The first-order valence-electron chi connectivity index (χ1n) is 5.29. The second-order valence-electron chi connectivity index (χ2n) is 3.82. The molecule has 98 valence electrons. The summed E-state index contributed by atoms with van der Waals surface area (Å²) in [6, 6.07) is 7.33. The van der Waals surface area contributed by atoms with E-state index in [1.807, 2.05) is 0 Å². The first-order valence-corrected chi connectivity index (χ1v) is 5.66. The van der Waals surface area contributed by atoms with Gasteiger partial charge in [-0.3, -0.25) is 4.79 Å². The summed E-state index contributed by atoms with van der Waals surface area (Å²) in [7, 11) is 0. The second-order valence-corrected chi connectivity index (χ2v) is 4.25. The van der Waals surface area contributed by atoms with Gasteiger partial charge in [-0.2, -0.15) is 0 Å². The number of rotatable bonds is 2. The molecule has 19 heavy (non-hydrogen) atoms. The van der Waals surface area contributed by atoms with Gasteiger partial charge in [0.1, 0.15) is 11.6 Å². The van der Waals surface area contributed by atoms with Gasteiger partial charge in [0.2, 0.25) is 0 Å². The Kier molecular flexibility index (Phi) is 3.66. The van der Waals surface area contributed by atoms with Crippen molar-refractivity contribution < 1.29 is 13.6 Å². The molecule has 2 rings (SSSR count). The van der Waals surface area contributed by atoms with Crippen LogP contribution in [0.5, 0.6) is 0 Å². The number of hydrogen-bond acceptors (Lipinski definition) is 2. The smallest absolute Gasteiger partial charge is 0.258 e. The molecule has 0 spiro atoms. The van der Waals surface area contributed by atoms with Crippen LogP contribution in [0.1, 0.15) is 10.4 Å². The summed E-state index contributed by atoms with van der Waals surface area (Å²) in [5.41, 5.74) is 5.26. The molecule has 0 bridgehead atoms. The van der Waals surface area contributed by atoms with Crippen molar-refractivity contribution in [2.24, 2.45) is 0 Å². The number of carbonyl (C=O) groups is 1. The van der Waals surface area contributed by atoms with Gasteiger partial charge in [0.25, 0.3) is 5.91 Å². The van der Waals surface area contributed by atoms with E-state index < -0.39 is 17.5 Å². The van der Waals surface area contributed by atoms with Crippen LogP contribution in [0.2, 0.25) is 5.02 Å². The highest BCUT2D eigenvalue weighted by molar-refractivity contribution is 6.31. The minimum Gasteiger partial charge on any atom is -0.399 e. The van der Waals surface area contributed by atoms with Gasteiger partial charge < -0.3 is 11.1 Å². The summed E-state index contributed by atoms with van der Waals surface area (Å²) in [6.45, 7) is 0. The van der Waals surface area contributed by atoms with Crippen LogP contribution in [0.15, 0.2) is 36.4 Å². The van der Waals surface area contributed by atoms with Crippen LogP contribution in [-0.2, 0) is 0 Å². The predicted octanol–water partition coefficient (Wildman–Crippen LogP) is 3.45. The summed E-state index contributed by atoms with van der Waals surface area (Å²) in [4.78, 5) is 11.8. The summed E-state index contributed by atoms with van der Waals surface area (Å²) in [5, 5.41) is 2.47. The molecule has 0 aliphatic carbocycles. The van der Waals surface area contributed by atoms with E-state index in [1.165, 1.54) is 24.3 Å². The predicted molar refractivity (Wildman–Crippen MR) is 70.2 cm³/mol. The highest BCUT2D eigenvalue weighted by atomic mass is 35.5. The zero-order valence-corrected chi connectivity index (χ0v) is 10.3. The second kappa shape index (κ2) is 5.24. The van der Waals surface area contributed by atoms with Crippen molar-refractivity contribution in [3.05, 3.63) is 58.6 Å². The van der Waals surface area contributed by atoms with Crippen molar-refractivity contribution in [3.8, 4) is 0 Å². The molecule has 0 heterocycles. The molecule has 1 amide bonds. The fraction of sp³-hybridized carbons (Fsp3) is 0. The number of carbonyl (C=O) groups excluding carboxylic acids is 1. The zero-order valence-electron chi connectivity index (χ0n) is 9.58. The molecule has 0 fully saturated rings. The minimum absolute atomic E-state index is 0.0847. The molecule has 0 aliphatic heterocycles. The van der Waals surface area contributed by atoms with Crippen LogP contribution in [0.4, 0.5) is 20.2 Å². The summed E-state index contributed by atoms with van der Waals surface area (Å²) >= 11 is 5.68. The Morgan fingerprint density at radius 1 is 1.11 bits per heavy atom. The van der Waals surface area contributed by atoms with Crippen molar-refractivity contribution in [3.63, 3.8) is 0 Å². The average Bonchev–Trinajstić information content (AvgIpc) is 2.35. The molecule has 0 aliphatic rings. The molecule has 2 aromatic carbocycles. The molecule has 0 saturated heterocycles. The lowest BCUT2D eigenvalue weighted by Crippen LogP contribution is -2.14. The monoisotopic (exact) mass is 282 g/mol. The third-order valence-electron chi connectivity index (χ3n) is 2.41. The van der Waals surface area contributed by atoms with Gasteiger partial charge >= 0.3 is 0 Å². The lowest BCUT2D eigenvalue weighted by molar-refractivity contribution is 0.102. The summed E-state index contributed by atoms with van der Waals surface area (Å²) < 4.78 is 26.9. The highest BCUT2D eigenvalue weighted by Gasteiger charge is 2.14. The Morgan fingerprint density at radius 2 is 1.84 bits per heavy atom. The standard InChI is InChI=1S/C13H9ClF2N2O/c14-7-1-3-10(15)9(5-7)13(19)18-12-4-2-8(17)6-11(12)16/h1-6H,17H2,(H,18,19). The van der Waals surface area contributed by atoms with Crippen molar-refractivity contribution in [1.29, 1.82) is 0 Å². The Hall–Kier alpha value is -2.14. The Bertz CT molecular complexity index is 647. The molecule has 0 atom stereocenters. The number of nitrogens with one attached hydrogen (secondary N) is 1. The molecule has 6 heteroatoms. The van der Waals surface area contributed by atoms with E-state index in [9.17, 15) is 13.6 Å². The number of hydrogen-bond donors (Lipinski definition) is 2. The lowest BCUT2D eigenvalue weighted by Gasteiger charge is -2.08. The Morgan fingerprint density at radius 3 is 2.53 bits per heavy atom. The number of nitrogens with two attached hydrogens (primary N) is 1. The van der Waals surface area contributed by atoms with Gasteiger partial charge in [-0.25, -0.2) is 8.78 Å². The Balaban J connectivity index is 2.28. The van der Waals surface area contributed by atoms with E-state index in [2.05, 4.69) is 5.32 Å². The van der Waals surface area contributed by atoms with E-state index in [0.29, 0.717) is 0 Å². The number of halogens is 3. The highest BCUT2D eigenvalue weighted by Crippen LogP contribution is 2.20. The van der Waals surface area contributed by atoms with Gasteiger partial charge in [0.15, 0.2) is 0 Å². The normalized spacial score (nSPS) is 10.3. The van der Waals surface area contributed by atoms with E-state index >= 15 is 0 Å². The van der Waals surface area contributed by atoms with Gasteiger partial charge in [-0.15, -0.1) is 0 Å². The van der Waals surface area contributed by atoms with E-state index in [4.69, 9.17) is 17.3 Å². The van der Waals surface area contributed by atoms with Crippen LogP contribution in [0.25, 0.3) is 0 Å². The van der Waals surface area contributed by atoms with Crippen LogP contribution in [0.3, 0.4) is 0 Å². The van der Waals surface area contributed by atoms with Crippen LogP contribution in [-0.4, -0.2) is 5.91 Å². The maximum absolute atomic E-state index is 13.5. The SMILES string of the molecule is Nc1ccc(NC(=O)c2cc(Cl)ccc2F)c(F)c1. The van der Waals surface area contributed by atoms with E-state index in [-0.39, 0.29) is 22.0 Å². The topological polar surface area (TPSA) is 55.1 Å². The molecular weight excluding hydrogens is 274 g/mol. The van der Waals surface area contributed by atoms with Crippen LogP contribution in [0, 0.1) is 11.6 Å². The molecule has 0 saturated carbocycles. The fourth-order valence-electron chi connectivity index (χ4n) is 1.49. The van der Waals surface area contributed by atoms with Gasteiger partial charge in [0, 0.05) is 10.7 Å². The van der Waals surface area contributed by atoms with Gasteiger partial charge in [-0.05, 0) is 36.4 Å². The quantitative estimate of drug-likeness (QED) is 0.829. The summed E-state index contributed by atoms with van der Waals surface area (Å²) in [5.74, 6) is -2.22. The molecule has 3 N–H and O–H groups in total. The fourth-order valence-corrected chi connectivity index (χ4v) is 1.67. The van der Waals surface area contributed by atoms with Crippen molar-refractivity contribution in [1.82, 2.24) is 0 Å². The molecule has 3 nitrogen and oxygen atoms in total. The maximum atomic E-state index is 13.5. The van der Waals surface area contributed by atoms with Crippen molar-refractivity contribution in [2.45, 2.75) is 0 Å².